The van der Waals surface area contributed by atoms with Gasteiger partial charge in [0.15, 0.2) is 0 Å². The number of benzene rings is 1. The zero-order chi connectivity index (χ0) is 14.4. The van der Waals surface area contributed by atoms with E-state index in [2.05, 4.69) is 61.4 Å². The molecule has 1 N–H and O–H groups in total. The Kier molecular flexibility index (Phi) is 5.31. The number of aromatic nitrogens is 1. The third-order valence-electron chi connectivity index (χ3n) is 3.52. The molecule has 20 heavy (non-hydrogen) atoms. The lowest BCUT2D eigenvalue weighted by molar-refractivity contribution is 0.657. The van der Waals surface area contributed by atoms with E-state index in [1.807, 2.05) is 12.3 Å². The van der Waals surface area contributed by atoms with Gasteiger partial charge >= 0.3 is 0 Å². The number of rotatable bonds is 6. The summed E-state index contributed by atoms with van der Waals surface area (Å²) in [4.78, 5) is 4.42. The lowest BCUT2D eigenvalue weighted by Crippen LogP contribution is -2.19. The summed E-state index contributed by atoms with van der Waals surface area (Å²) < 4.78 is 0. The molecule has 0 aliphatic heterocycles. The quantitative estimate of drug-likeness (QED) is 0.791. The van der Waals surface area contributed by atoms with Crippen LogP contribution in [0.5, 0.6) is 0 Å². The van der Waals surface area contributed by atoms with Crippen molar-refractivity contribution in [3.8, 4) is 0 Å². The molecule has 0 fully saturated rings. The molecule has 0 spiro atoms. The van der Waals surface area contributed by atoms with Crippen LogP contribution in [-0.4, -0.2) is 18.1 Å². The molecule has 0 saturated heterocycles. The van der Waals surface area contributed by atoms with Crippen LogP contribution in [0.2, 0.25) is 0 Å². The van der Waals surface area contributed by atoms with Crippen LogP contribution < -0.4 is 5.32 Å². The van der Waals surface area contributed by atoms with Crippen molar-refractivity contribution in [2.75, 3.05) is 13.1 Å². The predicted molar refractivity (Wildman–Crippen MR) is 87.7 cm³/mol. The van der Waals surface area contributed by atoms with Gasteiger partial charge in [0.25, 0.3) is 0 Å². The number of nitrogens with zero attached hydrogens (tertiary/aromatic N) is 1. The van der Waals surface area contributed by atoms with Crippen molar-refractivity contribution in [3.05, 3.63) is 47.7 Å². The molecule has 0 atom stereocenters. The molecule has 0 aliphatic carbocycles. The summed E-state index contributed by atoms with van der Waals surface area (Å²) in [5, 5.41) is 4.73. The van der Waals surface area contributed by atoms with Crippen LogP contribution in [0.15, 0.2) is 42.1 Å². The SMILES string of the molecule is CCCNCC(=Cc1ccnc2ccccc12)C(C)C. The lowest BCUT2D eigenvalue weighted by atomic mass is 9.98. The van der Waals surface area contributed by atoms with Gasteiger partial charge in [-0.3, -0.25) is 4.98 Å². The Labute approximate surface area is 121 Å². The van der Waals surface area contributed by atoms with Crippen molar-refractivity contribution in [3.63, 3.8) is 0 Å². The zero-order valence-corrected chi connectivity index (χ0v) is 12.7. The van der Waals surface area contributed by atoms with E-state index in [1.165, 1.54) is 22.9 Å². The first-order chi connectivity index (χ1) is 9.72. The minimum atomic E-state index is 0.547. The van der Waals surface area contributed by atoms with E-state index >= 15 is 0 Å². The maximum Gasteiger partial charge on any atom is 0.0707 e. The largest absolute Gasteiger partial charge is 0.313 e. The van der Waals surface area contributed by atoms with Crippen molar-refractivity contribution >= 4 is 17.0 Å². The van der Waals surface area contributed by atoms with E-state index < -0.39 is 0 Å². The number of hydrogen-bond acceptors (Lipinski definition) is 2. The number of nitrogens with one attached hydrogen (secondary N) is 1. The first-order valence-corrected chi connectivity index (χ1v) is 7.47. The Balaban J connectivity index is 2.33. The minimum absolute atomic E-state index is 0.547. The van der Waals surface area contributed by atoms with Crippen molar-refractivity contribution < 1.29 is 0 Å². The molecule has 0 amide bonds. The van der Waals surface area contributed by atoms with Crippen LogP contribution in [0.1, 0.15) is 32.8 Å². The van der Waals surface area contributed by atoms with Gasteiger partial charge in [0.2, 0.25) is 0 Å². The highest BCUT2D eigenvalue weighted by Crippen LogP contribution is 2.21. The van der Waals surface area contributed by atoms with Gasteiger partial charge in [0.1, 0.15) is 0 Å². The molecule has 0 saturated carbocycles. The van der Waals surface area contributed by atoms with Crippen LogP contribution in [0.25, 0.3) is 17.0 Å². The van der Waals surface area contributed by atoms with E-state index in [9.17, 15) is 0 Å². The maximum absolute atomic E-state index is 4.42. The molecule has 2 rings (SSSR count). The Morgan fingerprint density at radius 1 is 1.25 bits per heavy atom. The average Bonchev–Trinajstić information content (AvgIpc) is 2.46. The summed E-state index contributed by atoms with van der Waals surface area (Å²) in [5.74, 6) is 0.547. The van der Waals surface area contributed by atoms with Gasteiger partial charge < -0.3 is 5.32 Å². The van der Waals surface area contributed by atoms with Gasteiger partial charge in [-0.1, -0.05) is 50.6 Å². The Hall–Kier alpha value is -1.67. The summed E-state index contributed by atoms with van der Waals surface area (Å²) in [7, 11) is 0. The smallest absolute Gasteiger partial charge is 0.0707 e. The third kappa shape index (κ3) is 3.67. The summed E-state index contributed by atoms with van der Waals surface area (Å²) in [6.45, 7) is 8.73. The molecule has 0 bridgehead atoms. The summed E-state index contributed by atoms with van der Waals surface area (Å²) >= 11 is 0. The first-order valence-electron chi connectivity index (χ1n) is 7.47. The monoisotopic (exact) mass is 268 g/mol. The van der Waals surface area contributed by atoms with Gasteiger partial charge in [0.05, 0.1) is 5.52 Å². The molecule has 106 valence electrons. The van der Waals surface area contributed by atoms with Crippen LogP contribution in [0.4, 0.5) is 0 Å². The molecule has 1 aromatic heterocycles. The highest BCUT2D eigenvalue weighted by atomic mass is 14.8. The fraction of sp³-hybridized carbons (Fsp3) is 0.389. The molecule has 0 radical (unpaired) electrons. The normalized spacial score (nSPS) is 12.3. The van der Waals surface area contributed by atoms with Crippen molar-refractivity contribution in [1.29, 1.82) is 0 Å². The molecule has 2 nitrogen and oxygen atoms in total. The van der Waals surface area contributed by atoms with E-state index in [-0.39, 0.29) is 0 Å². The lowest BCUT2D eigenvalue weighted by Gasteiger charge is -2.13. The van der Waals surface area contributed by atoms with E-state index in [1.54, 1.807) is 0 Å². The molecular formula is C18H24N2. The summed E-state index contributed by atoms with van der Waals surface area (Å²) in [6.07, 6.45) is 5.38. The molecule has 2 aromatic rings. The maximum atomic E-state index is 4.42. The summed E-state index contributed by atoms with van der Waals surface area (Å²) in [6, 6.07) is 10.4. The van der Waals surface area contributed by atoms with Crippen molar-refractivity contribution in [2.24, 2.45) is 5.92 Å². The molecular weight excluding hydrogens is 244 g/mol. The summed E-state index contributed by atoms with van der Waals surface area (Å²) in [5.41, 5.74) is 3.76. The van der Waals surface area contributed by atoms with Gasteiger partial charge in [-0.2, -0.15) is 0 Å². The highest BCUT2D eigenvalue weighted by Gasteiger charge is 2.05. The van der Waals surface area contributed by atoms with Gasteiger partial charge in [0, 0.05) is 18.1 Å². The van der Waals surface area contributed by atoms with Gasteiger partial charge in [-0.15, -0.1) is 0 Å². The average molecular weight is 268 g/mol. The Morgan fingerprint density at radius 3 is 2.80 bits per heavy atom. The minimum Gasteiger partial charge on any atom is -0.313 e. The van der Waals surface area contributed by atoms with Gasteiger partial charge in [-0.25, -0.2) is 0 Å². The Morgan fingerprint density at radius 2 is 2.05 bits per heavy atom. The molecule has 1 aromatic carbocycles. The molecule has 0 unspecified atom stereocenters. The predicted octanol–water partition coefficient (Wildman–Crippen LogP) is 4.27. The number of pyridine rings is 1. The molecule has 1 heterocycles. The third-order valence-corrected chi connectivity index (χ3v) is 3.52. The number of hydrogen-bond donors (Lipinski definition) is 1. The van der Waals surface area contributed by atoms with E-state index in [0.29, 0.717) is 5.92 Å². The number of para-hydroxylation sites is 1. The topological polar surface area (TPSA) is 24.9 Å². The van der Waals surface area contributed by atoms with E-state index in [0.717, 1.165) is 18.6 Å². The van der Waals surface area contributed by atoms with E-state index in [4.69, 9.17) is 0 Å². The highest BCUT2D eigenvalue weighted by molar-refractivity contribution is 5.87. The first kappa shape index (κ1) is 14.7. The van der Waals surface area contributed by atoms with Crippen molar-refractivity contribution in [1.82, 2.24) is 10.3 Å². The zero-order valence-electron chi connectivity index (χ0n) is 12.7. The second-order valence-corrected chi connectivity index (χ2v) is 5.47. The van der Waals surface area contributed by atoms with Crippen LogP contribution in [0, 0.1) is 5.92 Å². The van der Waals surface area contributed by atoms with Gasteiger partial charge in [-0.05, 0) is 36.6 Å². The molecule has 0 aliphatic rings. The fourth-order valence-corrected chi connectivity index (χ4v) is 2.27. The molecule has 2 heteroatoms. The van der Waals surface area contributed by atoms with Crippen LogP contribution in [-0.2, 0) is 0 Å². The number of fused-ring (bicyclic) bond motifs is 1. The van der Waals surface area contributed by atoms with Crippen molar-refractivity contribution in [2.45, 2.75) is 27.2 Å². The fourth-order valence-electron chi connectivity index (χ4n) is 2.27. The Bertz CT molecular complexity index is 579. The van der Waals surface area contributed by atoms with Crippen LogP contribution in [0.3, 0.4) is 0 Å². The van der Waals surface area contributed by atoms with Crippen LogP contribution >= 0.6 is 0 Å². The second kappa shape index (κ2) is 7.20. The second-order valence-electron chi connectivity index (χ2n) is 5.47. The standard InChI is InChI=1S/C18H24N2/c1-4-10-19-13-16(14(2)3)12-15-9-11-20-18-8-6-5-7-17(15)18/h5-9,11-12,14,19H,4,10,13H2,1-3H3.